The number of hydrazine groups is 1. The van der Waals surface area contributed by atoms with Crippen molar-refractivity contribution in [3.63, 3.8) is 0 Å². The molecule has 0 atom stereocenters. The molecule has 0 spiro atoms. The molecule has 126 valence electrons. The first-order valence-corrected chi connectivity index (χ1v) is 7.72. The van der Waals surface area contributed by atoms with Crippen LogP contribution in [0.25, 0.3) is 11.0 Å². The van der Waals surface area contributed by atoms with Gasteiger partial charge in [0.1, 0.15) is 11.4 Å². The van der Waals surface area contributed by atoms with E-state index in [1.165, 1.54) is 6.20 Å². The van der Waals surface area contributed by atoms with E-state index in [9.17, 15) is 9.59 Å². The summed E-state index contributed by atoms with van der Waals surface area (Å²) in [5.74, 6) is -0.308. The summed E-state index contributed by atoms with van der Waals surface area (Å²) in [6, 6.07) is 13.8. The maximum atomic E-state index is 12.1. The minimum Gasteiger partial charge on any atom is -0.494 e. The lowest BCUT2D eigenvalue weighted by Gasteiger charge is -2.08. The molecule has 0 saturated heterocycles. The molecule has 1 heterocycles. The highest BCUT2D eigenvalue weighted by molar-refractivity contribution is 5.98. The van der Waals surface area contributed by atoms with Gasteiger partial charge in [-0.15, -0.1) is 0 Å². The number of rotatable bonds is 4. The van der Waals surface area contributed by atoms with E-state index in [0.717, 1.165) is 0 Å². The van der Waals surface area contributed by atoms with Crippen LogP contribution in [0.5, 0.6) is 5.75 Å². The van der Waals surface area contributed by atoms with E-state index in [1.807, 2.05) is 19.1 Å². The highest BCUT2D eigenvalue weighted by Crippen LogP contribution is 2.12. The molecule has 0 aliphatic rings. The van der Waals surface area contributed by atoms with Crippen LogP contribution >= 0.6 is 0 Å². The van der Waals surface area contributed by atoms with Crippen molar-refractivity contribution in [3.8, 4) is 5.75 Å². The number of nitrogens with one attached hydrogen (secondary N) is 2. The van der Waals surface area contributed by atoms with Gasteiger partial charge >= 0.3 is 0 Å². The Morgan fingerprint density at radius 3 is 2.36 bits per heavy atom. The summed E-state index contributed by atoms with van der Waals surface area (Å²) in [5.41, 5.74) is 6.49. The van der Waals surface area contributed by atoms with E-state index in [-0.39, 0.29) is 5.69 Å². The van der Waals surface area contributed by atoms with Crippen molar-refractivity contribution in [2.24, 2.45) is 0 Å². The molecule has 1 aromatic heterocycles. The first-order valence-electron chi connectivity index (χ1n) is 7.72. The summed E-state index contributed by atoms with van der Waals surface area (Å²) in [6.07, 6.45) is 1.36. The smallest absolute Gasteiger partial charge is 0.289 e. The number of para-hydroxylation sites is 2. The van der Waals surface area contributed by atoms with E-state index in [0.29, 0.717) is 29.0 Å². The average Bonchev–Trinajstić information content (AvgIpc) is 2.66. The highest BCUT2D eigenvalue weighted by Gasteiger charge is 2.11. The minimum absolute atomic E-state index is 0.116. The van der Waals surface area contributed by atoms with Crippen molar-refractivity contribution in [1.29, 1.82) is 0 Å². The maximum Gasteiger partial charge on any atom is 0.289 e. The van der Waals surface area contributed by atoms with Gasteiger partial charge in [-0.3, -0.25) is 25.4 Å². The van der Waals surface area contributed by atoms with Crippen molar-refractivity contribution < 1.29 is 14.3 Å². The van der Waals surface area contributed by atoms with E-state index in [2.05, 4.69) is 20.8 Å². The number of ether oxygens (including phenoxy) is 1. The van der Waals surface area contributed by atoms with Crippen LogP contribution in [-0.4, -0.2) is 28.4 Å². The summed E-state index contributed by atoms with van der Waals surface area (Å²) in [5, 5.41) is 0. The molecular formula is C18H16N4O3. The fourth-order valence-electron chi connectivity index (χ4n) is 2.19. The van der Waals surface area contributed by atoms with Crippen LogP contribution in [0, 0.1) is 0 Å². The Hall–Kier alpha value is -3.48. The first-order chi connectivity index (χ1) is 12.2. The van der Waals surface area contributed by atoms with E-state index < -0.39 is 11.8 Å². The third-order valence-corrected chi connectivity index (χ3v) is 3.40. The van der Waals surface area contributed by atoms with Crippen LogP contribution in [0.3, 0.4) is 0 Å². The maximum absolute atomic E-state index is 12.1. The zero-order valence-corrected chi connectivity index (χ0v) is 13.5. The molecule has 3 rings (SSSR count). The SMILES string of the molecule is CCOc1ccc(C(=O)NNC(=O)c2cnc3ccccc3n2)cc1. The van der Waals surface area contributed by atoms with Gasteiger partial charge in [-0.05, 0) is 43.3 Å². The Morgan fingerprint density at radius 1 is 0.960 bits per heavy atom. The van der Waals surface area contributed by atoms with Gasteiger partial charge in [0.25, 0.3) is 11.8 Å². The van der Waals surface area contributed by atoms with Gasteiger partial charge < -0.3 is 4.74 Å². The standard InChI is InChI=1S/C18H16N4O3/c1-2-25-13-9-7-12(8-10-13)17(23)21-22-18(24)16-11-19-14-5-3-4-6-15(14)20-16/h3-11H,2H2,1H3,(H,21,23)(H,22,24). The van der Waals surface area contributed by atoms with E-state index in [4.69, 9.17) is 4.74 Å². The number of fused-ring (bicyclic) bond motifs is 1. The Balaban J connectivity index is 1.63. The molecule has 2 aromatic carbocycles. The fraction of sp³-hybridized carbons (Fsp3) is 0.111. The summed E-state index contributed by atoms with van der Waals surface area (Å²) >= 11 is 0. The number of hydrogen-bond donors (Lipinski definition) is 2. The van der Waals surface area contributed by atoms with Crippen LogP contribution < -0.4 is 15.6 Å². The molecule has 0 radical (unpaired) electrons. The Labute approximate surface area is 144 Å². The molecule has 3 aromatic rings. The number of benzene rings is 2. The molecule has 0 fully saturated rings. The molecule has 7 heteroatoms. The van der Waals surface area contributed by atoms with Gasteiger partial charge in [-0.1, -0.05) is 12.1 Å². The van der Waals surface area contributed by atoms with Crippen molar-refractivity contribution >= 4 is 22.8 Å². The van der Waals surface area contributed by atoms with Gasteiger partial charge in [0.2, 0.25) is 0 Å². The monoisotopic (exact) mass is 336 g/mol. The predicted octanol–water partition coefficient (Wildman–Crippen LogP) is 2.10. The van der Waals surface area contributed by atoms with Crippen LogP contribution in [0.1, 0.15) is 27.8 Å². The Kier molecular flexibility index (Phi) is 4.84. The largest absolute Gasteiger partial charge is 0.494 e. The molecule has 25 heavy (non-hydrogen) atoms. The fourth-order valence-corrected chi connectivity index (χ4v) is 2.19. The summed E-state index contributed by atoms with van der Waals surface area (Å²) in [7, 11) is 0. The third-order valence-electron chi connectivity index (χ3n) is 3.40. The van der Waals surface area contributed by atoms with Gasteiger partial charge in [-0.2, -0.15) is 0 Å². The molecule has 7 nitrogen and oxygen atoms in total. The normalized spacial score (nSPS) is 10.3. The van der Waals surface area contributed by atoms with Crippen molar-refractivity contribution in [2.75, 3.05) is 6.61 Å². The molecule has 2 N–H and O–H groups in total. The molecule has 0 aliphatic carbocycles. The second kappa shape index (κ2) is 7.39. The zero-order valence-electron chi connectivity index (χ0n) is 13.5. The number of aromatic nitrogens is 2. The summed E-state index contributed by atoms with van der Waals surface area (Å²) in [4.78, 5) is 32.6. The second-order valence-corrected chi connectivity index (χ2v) is 5.11. The first kappa shape index (κ1) is 16.4. The van der Waals surface area contributed by atoms with Gasteiger partial charge in [-0.25, -0.2) is 4.98 Å². The minimum atomic E-state index is -0.544. The summed E-state index contributed by atoms with van der Waals surface area (Å²) in [6.45, 7) is 2.43. The van der Waals surface area contributed by atoms with Crippen LogP contribution in [0.15, 0.2) is 54.7 Å². The number of carbonyl (C=O) groups is 2. The molecule has 0 unspecified atom stereocenters. The topological polar surface area (TPSA) is 93.2 Å². The van der Waals surface area contributed by atoms with Crippen LogP contribution in [0.2, 0.25) is 0 Å². The van der Waals surface area contributed by atoms with E-state index >= 15 is 0 Å². The zero-order chi connectivity index (χ0) is 17.6. The molecule has 2 amide bonds. The van der Waals surface area contributed by atoms with Gasteiger partial charge in [0.15, 0.2) is 0 Å². The number of hydrogen-bond acceptors (Lipinski definition) is 5. The Morgan fingerprint density at radius 2 is 1.64 bits per heavy atom. The number of amides is 2. The van der Waals surface area contributed by atoms with Crippen molar-refractivity contribution in [3.05, 3.63) is 66.0 Å². The number of carbonyl (C=O) groups excluding carboxylic acids is 2. The van der Waals surface area contributed by atoms with Gasteiger partial charge in [0, 0.05) is 5.56 Å². The quantitative estimate of drug-likeness (QED) is 0.712. The van der Waals surface area contributed by atoms with Crippen LogP contribution in [-0.2, 0) is 0 Å². The lowest BCUT2D eigenvalue weighted by Crippen LogP contribution is -2.42. The highest BCUT2D eigenvalue weighted by atomic mass is 16.5. The molecule has 0 saturated carbocycles. The summed E-state index contributed by atoms with van der Waals surface area (Å²) < 4.78 is 5.32. The van der Waals surface area contributed by atoms with Crippen LogP contribution in [0.4, 0.5) is 0 Å². The molecule has 0 bridgehead atoms. The predicted molar refractivity (Wildman–Crippen MR) is 92.1 cm³/mol. The molecular weight excluding hydrogens is 320 g/mol. The van der Waals surface area contributed by atoms with Gasteiger partial charge in [0.05, 0.1) is 23.8 Å². The lowest BCUT2D eigenvalue weighted by molar-refractivity contribution is 0.0844. The number of nitrogens with zero attached hydrogens (tertiary/aromatic N) is 2. The third kappa shape index (κ3) is 3.89. The van der Waals surface area contributed by atoms with Crippen molar-refractivity contribution in [2.45, 2.75) is 6.92 Å². The van der Waals surface area contributed by atoms with E-state index in [1.54, 1.807) is 36.4 Å². The van der Waals surface area contributed by atoms with Crippen molar-refractivity contribution in [1.82, 2.24) is 20.8 Å². The Bertz CT molecular complexity index is 910. The molecule has 0 aliphatic heterocycles. The lowest BCUT2D eigenvalue weighted by atomic mass is 10.2. The second-order valence-electron chi connectivity index (χ2n) is 5.11. The average molecular weight is 336 g/mol.